The van der Waals surface area contributed by atoms with Gasteiger partial charge in [-0.3, -0.25) is 0 Å². The molecule has 3 aromatic rings. The summed E-state index contributed by atoms with van der Waals surface area (Å²) in [5.41, 5.74) is 8.41. The fraction of sp³-hybridized carbons (Fsp3) is 0.0714. The largest absolute Gasteiger partial charge is 0.369 e. The number of anilines is 1. The number of para-hydroxylation sites is 1. The number of halogens is 2. The maximum atomic E-state index is 12.9. The van der Waals surface area contributed by atoms with E-state index in [2.05, 4.69) is 4.98 Å². The molecular formula is C14H11ClFN3. The number of benzene rings is 2. The van der Waals surface area contributed by atoms with E-state index in [1.807, 2.05) is 16.7 Å². The molecule has 0 spiro atoms. The second-order valence-corrected chi connectivity index (χ2v) is 4.70. The van der Waals surface area contributed by atoms with Crippen LogP contribution in [0.15, 0.2) is 42.5 Å². The molecule has 0 aliphatic rings. The van der Waals surface area contributed by atoms with E-state index in [1.54, 1.807) is 18.2 Å². The third kappa shape index (κ3) is 2.15. The summed E-state index contributed by atoms with van der Waals surface area (Å²) < 4.78 is 14.7. The molecule has 96 valence electrons. The number of hydrogen-bond donors (Lipinski definition) is 1. The van der Waals surface area contributed by atoms with Gasteiger partial charge < -0.3 is 10.3 Å². The van der Waals surface area contributed by atoms with Crippen LogP contribution in [-0.2, 0) is 6.54 Å². The number of nitrogens with two attached hydrogens (primary N) is 1. The maximum Gasteiger partial charge on any atom is 0.201 e. The van der Waals surface area contributed by atoms with Crippen molar-refractivity contribution in [2.45, 2.75) is 6.54 Å². The van der Waals surface area contributed by atoms with Crippen molar-refractivity contribution >= 4 is 28.6 Å². The summed E-state index contributed by atoms with van der Waals surface area (Å²) in [7, 11) is 0. The first-order chi connectivity index (χ1) is 9.15. The van der Waals surface area contributed by atoms with Gasteiger partial charge in [0.05, 0.1) is 22.6 Å². The molecule has 1 aromatic heterocycles. The van der Waals surface area contributed by atoms with E-state index >= 15 is 0 Å². The van der Waals surface area contributed by atoms with Crippen molar-refractivity contribution in [3.8, 4) is 0 Å². The van der Waals surface area contributed by atoms with Crippen LogP contribution in [0.2, 0.25) is 5.02 Å². The highest BCUT2D eigenvalue weighted by Crippen LogP contribution is 2.26. The van der Waals surface area contributed by atoms with Gasteiger partial charge in [-0.05, 0) is 29.8 Å². The van der Waals surface area contributed by atoms with E-state index in [1.165, 1.54) is 12.1 Å². The number of aromatic nitrogens is 2. The summed E-state index contributed by atoms with van der Waals surface area (Å²) in [4.78, 5) is 4.27. The van der Waals surface area contributed by atoms with Crippen LogP contribution in [0, 0.1) is 5.82 Å². The predicted molar refractivity (Wildman–Crippen MR) is 74.7 cm³/mol. The highest BCUT2D eigenvalue weighted by Gasteiger charge is 2.11. The molecule has 3 rings (SSSR count). The SMILES string of the molecule is Nc1nc2cccc(Cl)c2n1Cc1ccc(F)cc1. The quantitative estimate of drug-likeness (QED) is 0.778. The van der Waals surface area contributed by atoms with Crippen molar-refractivity contribution in [2.24, 2.45) is 0 Å². The molecule has 0 atom stereocenters. The number of fused-ring (bicyclic) bond motifs is 1. The Kier molecular flexibility index (Phi) is 2.87. The third-order valence-corrected chi connectivity index (χ3v) is 3.31. The lowest BCUT2D eigenvalue weighted by molar-refractivity contribution is 0.626. The molecule has 3 nitrogen and oxygen atoms in total. The van der Waals surface area contributed by atoms with Crippen molar-refractivity contribution in [1.29, 1.82) is 0 Å². The Labute approximate surface area is 114 Å². The molecule has 0 fully saturated rings. The Morgan fingerprint density at radius 3 is 2.63 bits per heavy atom. The molecule has 19 heavy (non-hydrogen) atoms. The van der Waals surface area contributed by atoms with E-state index < -0.39 is 0 Å². The van der Waals surface area contributed by atoms with Crippen LogP contribution >= 0.6 is 11.6 Å². The predicted octanol–water partition coefficient (Wildman–Crippen LogP) is 3.46. The van der Waals surface area contributed by atoms with Gasteiger partial charge in [0.1, 0.15) is 5.82 Å². The summed E-state index contributed by atoms with van der Waals surface area (Å²) in [5.74, 6) is 0.137. The van der Waals surface area contributed by atoms with Crippen molar-refractivity contribution in [3.05, 3.63) is 58.9 Å². The molecule has 0 aliphatic carbocycles. The minimum atomic E-state index is -0.259. The minimum Gasteiger partial charge on any atom is -0.369 e. The van der Waals surface area contributed by atoms with Crippen molar-refractivity contribution in [2.75, 3.05) is 5.73 Å². The zero-order valence-corrected chi connectivity index (χ0v) is 10.7. The van der Waals surface area contributed by atoms with E-state index in [4.69, 9.17) is 17.3 Å². The highest BCUT2D eigenvalue weighted by molar-refractivity contribution is 6.35. The summed E-state index contributed by atoms with van der Waals surface area (Å²) in [6.45, 7) is 0.506. The number of rotatable bonds is 2. The summed E-state index contributed by atoms with van der Waals surface area (Å²) in [6.07, 6.45) is 0. The summed E-state index contributed by atoms with van der Waals surface area (Å²) in [5, 5.41) is 0.601. The molecule has 2 N–H and O–H groups in total. The van der Waals surface area contributed by atoms with Crippen LogP contribution in [0.3, 0.4) is 0 Å². The van der Waals surface area contributed by atoms with Crippen molar-refractivity contribution < 1.29 is 4.39 Å². The lowest BCUT2D eigenvalue weighted by atomic mass is 10.2. The normalized spacial score (nSPS) is 11.1. The molecule has 0 bridgehead atoms. The van der Waals surface area contributed by atoms with E-state index in [-0.39, 0.29) is 5.82 Å². The first-order valence-corrected chi connectivity index (χ1v) is 6.17. The minimum absolute atomic E-state index is 0.259. The first-order valence-electron chi connectivity index (χ1n) is 5.80. The zero-order chi connectivity index (χ0) is 13.4. The smallest absolute Gasteiger partial charge is 0.201 e. The van der Waals surface area contributed by atoms with Crippen LogP contribution in [0.25, 0.3) is 11.0 Å². The highest BCUT2D eigenvalue weighted by atomic mass is 35.5. The fourth-order valence-corrected chi connectivity index (χ4v) is 2.36. The van der Waals surface area contributed by atoms with Gasteiger partial charge in [-0.1, -0.05) is 29.8 Å². The fourth-order valence-electron chi connectivity index (χ4n) is 2.09. The van der Waals surface area contributed by atoms with E-state index in [0.717, 1.165) is 16.6 Å². The molecule has 1 heterocycles. The van der Waals surface area contributed by atoms with Gasteiger partial charge in [0, 0.05) is 0 Å². The van der Waals surface area contributed by atoms with Gasteiger partial charge in [0.2, 0.25) is 5.95 Å². The molecule has 2 aromatic carbocycles. The van der Waals surface area contributed by atoms with Gasteiger partial charge in [0.15, 0.2) is 0 Å². The Morgan fingerprint density at radius 1 is 1.16 bits per heavy atom. The molecule has 0 unspecified atom stereocenters. The van der Waals surface area contributed by atoms with Gasteiger partial charge in [0.25, 0.3) is 0 Å². The van der Waals surface area contributed by atoms with Gasteiger partial charge in [-0.2, -0.15) is 0 Å². The van der Waals surface area contributed by atoms with E-state index in [0.29, 0.717) is 17.5 Å². The number of nitrogen functional groups attached to an aromatic ring is 1. The molecule has 0 radical (unpaired) electrons. The zero-order valence-electron chi connectivity index (χ0n) is 9.98. The second-order valence-electron chi connectivity index (χ2n) is 4.29. The monoisotopic (exact) mass is 275 g/mol. The van der Waals surface area contributed by atoms with Crippen LogP contribution in [0.5, 0.6) is 0 Å². The molecule has 0 saturated carbocycles. The topological polar surface area (TPSA) is 43.8 Å². The van der Waals surface area contributed by atoms with Crippen LogP contribution in [-0.4, -0.2) is 9.55 Å². The lowest BCUT2D eigenvalue weighted by Crippen LogP contribution is -2.04. The Morgan fingerprint density at radius 2 is 1.89 bits per heavy atom. The molecule has 0 saturated heterocycles. The van der Waals surface area contributed by atoms with Gasteiger partial charge in [-0.15, -0.1) is 0 Å². The van der Waals surface area contributed by atoms with Crippen LogP contribution in [0.1, 0.15) is 5.56 Å². The van der Waals surface area contributed by atoms with Crippen LogP contribution < -0.4 is 5.73 Å². The Hall–Kier alpha value is -2.07. The summed E-state index contributed by atoms with van der Waals surface area (Å²) >= 11 is 6.19. The van der Waals surface area contributed by atoms with Gasteiger partial charge in [-0.25, -0.2) is 9.37 Å². The average Bonchev–Trinajstić information content (AvgIpc) is 2.70. The first kappa shape index (κ1) is 12.0. The molecular weight excluding hydrogens is 265 g/mol. The number of nitrogens with zero attached hydrogens (tertiary/aromatic N) is 2. The second kappa shape index (κ2) is 4.55. The van der Waals surface area contributed by atoms with Gasteiger partial charge >= 0.3 is 0 Å². The standard InChI is InChI=1S/C14H11ClFN3/c15-11-2-1-3-12-13(11)19(14(17)18-12)8-9-4-6-10(16)7-5-9/h1-7H,8H2,(H2,17,18). The Bertz CT molecular complexity index is 734. The van der Waals surface area contributed by atoms with Crippen LogP contribution in [0.4, 0.5) is 10.3 Å². The van der Waals surface area contributed by atoms with E-state index in [9.17, 15) is 4.39 Å². The third-order valence-electron chi connectivity index (χ3n) is 3.00. The maximum absolute atomic E-state index is 12.9. The Balaban J connectivity index is 2.09. The average molecular weight is 276 g/mol. The molecule has 0 amide bonds. The van der Waals surface area contributed by atoms with Crippen molar-refractivity contribution in [3.63, 3.8) is 0 Å². The number of hydrogen-bond acceptors (Lipinski definition) is 2. The van der Waals surface area contributed by atoms with Crippen molar-refractivity contribution in [1.82, 2.24) is 9.55 Å². The summed E-state index contributed by atoms with van der Waals surface area (Å²) in [6, 6.07) is 11.8. The molecule has 5 heteroatoms. The lowest BCUT2D eigenvalue weighted by Gasteiger charge is -2.07. The number of imidazole rings is 1. The molecule has 0 aliphatic heterocycles.